The molecule has 0 amide bonds. The minimum Gasteiger partial charge on any atom is -0.476 e. The quantitative estimate of drug-likeness (QED) is 0.921. The molecule has 4 nitrogen and oxygen atoms in total. The maximum Gasteiger partial charge on any atom is 0.355 e. The van der Waals surface area contributed by atoms with Crippen molar-refractivity contribution in [2.24, 2.45) is 0 Å². The number of aromatic carboxylic acids is 1. The van der Waals surface area contributed by atoms with E-state index in [2.05, 4.69) is 9.97 Å². The fraction of sp³-hybridized carbons (Fsp3) is 0.214. The summed E-state index contributed by atoms with van der Waals surface area (Å²) < 4.78 is 0. The zero-order valence-electron chi connectivity index (χ0n) is 11.0. The molecule has 0 spiro atoms. The molecule has 6 heteroatoms. The van der Waals surface area contributed by atoms with E-state index in [9.17, 15) is 9.90 Å². The number of benzene rings is 1. The Balaban J connectivity index is 2.41. The first-order chi connectivity index (χ1) is 9.49. The fourth-order valence-corrected chi connectivity index (χ4v) is 2.67. The third-order valence-corrected chi connectivity index (χ3v) is 4.09. The predicted octanol–water partition coefficient (Wildman–Crippen LogP) is 4.10. The Kier molecular flexibility index (Phi) is 4.62. The summed E-state index contributed by atoms with van der Waals surface area (Å²) in [4.78, 5) is 20.9. The minimum absolute atomic E-state index is 0.00798. The fourth-order valence-electron chi connectivity index (χ4n) is 1.54. The number of carbonyl (C=O) groups is 1. The zero-order chi connectivity index (χ0) is 14.7. The summed E-state index contributed by atoms with van der Waals surface area (Å²) in [6.45, 7) is 3.84. The highest BCUT2D eigenvalue weighted by Gasteiger charge is 2.17. The molecular formula is C14H13ClN2O2S. The first-order valence-corrected chi connectivity index (χ1v) is 7.21. The maximum atomic E-state index is 11.3. The lowest BCUT2D eigenvalue weighted by Gasteiger charge is -2.09. The van der Waals surface area contributed by atoms with Gasteiger partial charge in [0.25, 0.3) is 0 Å². The van der Waals surface area contributed by atoms with Crippen molar-refractivity contribution in [3.63, 3.8) is 0 Å². The molecule has 0 aliphatic rings. The van der Waals surface area contributed by atoms with Gasteiger partial charge < -0.3 is 5.11 Å². The van der Waals surface area contributed by atoms with Gasteiger partial charge in [-0.15, -0.1) is 0 Å². The first-order valence-electron chi connectivity index (χ1n) is 6.01. The molecule has 1 aromatic carbocycles. The van der Waals surface area contributed by atoms with Gasteiger partial charge in [0.15, 0.2) is 5.69 Å². The summed E-state index contributed by atoms with van der Waals surface area (Å²) >= 11 is 7.33. The molecule has 0 bridgehead atoms. The van der Waals surface area contributed by atoms with Crippen molar-refractivity contribution in [3.8, 4) is 0 Å². The Hall–Kier alpha value is -1.59. The molecule has 2 rings (SSSR count). The molecule has 0 aliphatic carbocycles. The average Bonchev–Trinajstić information content (AvgIpc) is 2.41. The van der Waals surface area contributed by atoms with Crippen molar-refractivity contribution in [2.45, 2.75) is 29.6 Å². The van der Waals surface area contributed by atoms with Gasteiger partial charge in [0, 0.05) is 17.0 Å². The highest BCUT2D eigenvalue weighted by Crippen LogP contribution is 2.34. The lowest BCUT2D eigenvalue weighted by atomic mass is 10.2. The largest absolute Gasteiger partial charge is 0.476 e. The number of rotatable bonds is 4. The van der Waals surface area contributed by atoms with E-state index in [0.717, 1.165) is 4.90 Å². The summed E-state index contributed by atoms with van der Waals surface area (Å²) in [6, 6.07) is 7.25. The van der Waals surface area contributed by atoms with Crippen LogP contribution in [0.15, 0.2) is 40.3 Å². The molecule has 1 N–H and O–H groups in total. The van der Waals surface area contributed by atoms with Crippen molar-refractivity contribution in [3.05, 3.63) is 47.0 Å². The monoisotopic (exact) mass is 308 g/mol. The number of halogens is 1. The van der Waals surface area contributed by atoms with Crippen LogP contribution in [0, 0.1) is 0 Å². The van der Waals surface area contributed by atoms with E-state index in [1.54, 1.807) is 12.3 Å². The summed E-state index contributed by atoms with van der Waals surface area (Å²) in [6.07, 6.45) is 1.54. The Morgan fingerprint density at radius 1 is 1.30 bits per heavy atom. The van der Waals surface area contributed by atoms with Crippen molar-refractivity contribution < 1.29 is 9.90 Å². The van der Waals surface area contributed by atoms with Crippen LogP contribution in [-0.4, -0.2) is 21.0 Å². The van der Waals surface area contributed by atoms with Crippen molar-refractivity contribution in [1.82, 2.24) is 9.97 Å². The Morgan fingerprint density at radius 3 is 2.60 bits per heavy atom. The third-order valence-electron chi connectivity index (χ3n) is 2.55. The van der Waals surface area contributed by atoms with Gasteiger partial charge in [0.1, 0.15) is 5.82 Å². The average molecular weight is 309 g/mol. The van der Waals surface area contributed by atoms with Gasteiger partial charge in [-0.2, -0.15) is 0 Å². The lowest BCUT2D eigenvalue weighted by molar-refractivity contribution is 0.0685. The van der Waals surface area contributed by atoms with E-state index < -0.39 is 5.97 Å². The van der Waals surface area contributed by atoms with E-state index in [0.29, 0.717) is 15.7 Å². The van der Waals surface area contributed by atoms with E-state index in [-0.39, 0.29) is 11.6 Å². The Bertz CT molecular complexity index is 647. The molecule has 0 saturated carbocycles. The molecular weight excluding hydrogens is 296 g/mol. The number of hydrogen-bond donors (Lipinski definition) is 1. The SMILES string of the molecule is CC(C)c1ncc(Sc2ccccc2Cl)c(C(=O)O)n1. The first kappa shape index (κ1) is 14.8. The molecule has 20 heavy (non-hydrogen) atoms. The van der Waals surface area contributed by atoms with Crippen LogP contribution in [0.4, 0.5) is 0 Å². The van der Waals surface area contributed by atoms with Gasteiger partial charge >= 0.3 is 5.97 Å². The van der Waals surface area contributed by atoms with Crippen LogP contribution < -0.4 is 0 Å². The van der Waals surface area contributed by atoms with Gasteiger partial charge in [-0.1, -0.05) is 49.3 Å². The van der Waals surface area contributed by atoms with Crippen LogP contribution in [0.2, 0.25) is 5.02 Å². The van der Waals surface area contributed by atoms with E-state index >= 15 is 0 Å². The zero-order valence-corrected chi connectivity index (χ0v) is 12.6. The number of aromatic nitrogens is 2. The number of carboxylic acid groups (broad SMARTS) is 1. The van der Waals surface area contributed by atoms with Crippen LogP contribution >= 0.6 is 23.4 Å². The molecule has 0 fully saturated rings. The summed E-state index contributed by atoms with van der Waals surface area (Å²) in [5, 5.41) is 9.85. The highest BCUT2D eigenvalue weighted by molar-refractivity contribution is 7.99. The number of hydrogen-bond acceptors (Lipinski definition) is 4. The lowest BCUT2D eigenvalue weighted by Crippen LogP contribution is -2.08. The van der Waals surface area contributed by atoms with Crippen molar-refractivity contribution in [1.29, 1.82) is 0 Å². The number of carboxylic acids is 1. The number of nitrogens with zero attached hydrogens (tertiary/aromatic N) is 2. The Labute approximate surface area is 126 Å². The van der Waals surface area contributed by atoms with Gasteiger partial charge in [0.05, 0.1) is 9.92 Å². The Morgan fingerprint density at radius 2 is 2.00 bits per heavy atom. The highest BCUT2D eigenvalue weighted by atomic mass is 35.5. The summed E-state index contributed by atoms with van der Waals surface area (Å²) in [7, 11) is 0. The predicted molar refractivity (Wildman–Crippen MR) is 78.7 cm³/mol. The molecule has 0 unspecified atom stereocenters. The molecule has 0 aliphatic heterocycles. The molecule has 1 aromatic heterocycles. The van der Waals surface area contributed by atoms with Crippen LogP contribution in [0.3, 0.4) is 0 Å². The summed E-state index contributed by atoms with van der Waals surface area (Å²) in [5.41, 5.74) is 0.00798. The van der Waals surface area contributed by atoms with Crippen LogP contribution in [0.25, 0.3) is 0 Å². The van der Waals surface area contributed by atoms with Gasteiger partial charge in [-0.3, -0.25) is 0 Å². The molecule has 0 atom stereocenters. The van der Waals surface area contributed by atoms with Gasteiger partial charge in [0.2, 0.25) is 0 Å². The maximum absolute atomic E-state index is 11.3. The standard InChI is InChI=1S/C14H13ClN2O2S/c1-8(2)13-16-7-11(12(17-13)14(18)19)20-10-6-4-3-5-9(10)15/h3-8H,1-2H3,(H,18,19). The van der Waals surface area contributed by atoms with E-state index in [4.69, 9.17) is 11.6 Å². The topological polar surface area (TPSA) is 63.1 Å². The van der Waals surface area contributed by atoms with Crippen molar-refractivity contribution >= 4 is 29.3 Å². The molecule has 104 valence electrons. The van der Waals surface area contributed by atoms with E-state index in [1.165, 1.54) is 11.8 Å². The van der Waals surface area contributed by atoms with Gasteiger partial charge in [-0.05, 0) is 12.1 Å². The summed E-state index contributed by atoms with van der Waals surface area (Å²) in [5.74, 6) is -0.470. The second-order valence-electron chi connectivity index (χ2n) is 4.43. The smallest absolute Gasteiger partial charge is 0.355 e. The normalized spacial score (nSPS) is 10.8. The molecule has 2 aromatic rings. The van der Waals surface area contributed by atoms with Crippen molar-refractivity contribution in [2.75, 3.05) is 0 Å². The molecule has 0 saturated heterocycles. The van der Waals surface area contributed by atoms with Crippen LogP contribution in [0.5, 0.6) is 0 Å². The van der Waals surface area contributed by atoms with Gasteiger partial charge in [-0.25, -0.2) is 14.8 Å². The second kappa shape index (κ2) is 6.24. The molecule has 0 radical (unpaired) electrons. The minimum atomic E-state index is -1.07. The van der Waals surface area contributed by atoms with E-state index in [1.807, 2.05) is 32.0 Å². The third kappa shape index (κ3) is 3.29. The molecule has 1 heterocycles. The second-order valence-corrected chi connectivity index (χ2v) is 5.92. The van der Waals surface area contributed by atoms with Crippen LogP contribution in [0.1, 0.15) is 36.1 Å². The van der Waals surface area contributed by atoms with Crippen LogP contribution in [-0.2, 0) is 0 Å².